The van der Waals surface area contributed by atoms with Crippen molar-refractivity contribution in [2.45, 2.75) is 43.9 Å². The monoisotopic (exact) mass is 1090 g/mol. The Morgan fingerprint density at radius 2 is 0.682 bits per heavy atom. The molecule has 1 spiro atoms. The van der Waals surface area contributed by atoms with Gasteiger partial charge in [0, 0.05) is 60.3 Å². The zero-order chi connectivity index (χ0) is 55.7. The number of hydrogen-bond donors (Lipinski definition) is 0. The highest BCUT2D eigenvalue weighted by Crippen LogP contribution is 2.69. The Morgan fingerprint density at radius 1 is 0.294 bits per heavy atom. The second-order valence-corrected chi connectivity index (χ2v) is 24.1. The van der Waals surface area contributed by atoms with E-state index in [0.717, 1.165) is 94.3 Å². The molecule has 18 rings (SSSR count). The van der Waals surface area contributed by atoms with Crippen molar-refractivity contribution in [1.82, 2.24) is 29.9 Å². The van der Waals surface area contributed by atoms with Gasteiger partial charge in [0.15, 0.2) is 34.9 Å². The van der Waals surface area contributed by atoms with E-state index in [-0.39, 0.29) is 5.41 Å². The lowest BCUT2D eigenvalue weighted by Gasteiger charge is -2.60. The van der Waals surface area contributed by atoms with Gasteiger partial charge in [-0.15, -0.1) is 0 Å². The van der Waals surface area contributed by atoms with Crippen molar-refractivity contribution in [2.24, 2.45) is 23.7 Å². The smallest absolute Gasteiger partial charge is 0.164 e. The fourth-order valence-electron chi connectivity index (χ4n) is 15.8. The van der Waals surface area contributed by atoms with E-state index in [1.165, 1.54) is 71.9 Å². The summed E-state index contributed by atoms with van der Waals surface area (Å²) in [5.74, 6) is 6.36. The summed E-state index contributed by atoms with van der Waals surface area (Å²) in [5.41, 5.74) is 19.2. The fraction of sp³-hybridized carbons (Fsp3) is 0.143. The number of para-hydroxylation sites is 2. The van der Waals surface area contributed by atoms with Crippen LogP contribution < -0.4 is 0 Å². The van der Waals surface area contributed by atoms with Crippen LogP contribution in [0.15, 0.2) is 239 Å². The number of rotatable bonds is 8. The van der Waals surface area contributed by atoms with Gasteiger partial charge in [-0.2, -0.15) is 0 Å². The van der Waals surface area contributed by atoms with E-state index in [0.29, 0.717) is 52.7 Å². The van der Waals surface area contributed by atoms with Gasteiger partial charge in [-0.1, -0.05) is 176 Å². The van der Waals surface area contributed by atoms with Gasteiger partial charge in [0.2, 0.25) is 0 Å². The minimum absolute atomic E-state index is 0.0883. The highest BCUT2D eigenvalue weighted by Gasteiger charge is 2.61. The largest absolute Gasteiger partial charge is 0.456 e. The molecule has 4 aliphatic carbocycles. The minimum atomic E-state index is -0.0883. The molecule has 4 aliphatic rings. The normalized spacial score (nSPS) is 18.2. The van der Waals surface area contributed by atoms with Crippen LogP contribution in [0.3, 0.4) is 0 Å². The van der Waals surface area contributed by atoms with E-state index < -0.39 is 0 Å². The van der Waals surface area contributed by atoms with Crippen LogP contribution in [-0.4, -0.2) is 29.9 Å². The van der Waals surface area contributed by atoms with E-state index in [1.54, 1.807) is 0 Å². The number of fused-ring (bicyclic) bond motifs is 10. The third-order valence-corrected chi connectivity index (χ3v) is 19.6. The summed E-state index contributed by atoms with van der Waals surface area (Å²) in [6, 6.07) is 81.7. The third kappa shape index (κ3) is 7.74. The molecule has 3 bridgehead atoms. The van der Waals surface area contributed by atoms with Crippen molar-refractivity contribution >= 4 is 43.9 Å². The first-order valence-electron chi connectivity index (χ1n) is 30.0. The van der Waals surface area contributed by atoms with E-state index in [4.69, 9.17) is 38.7 Å². The number of nitrogens with zero attached hydrogens (tertiary/aromatic N) is 6. The second kappa shape index (κ2) is 18.9. The molecule has 14 aromatic rings. The summed E-state index contributed by atoms with van der Waals surface area (Å²) in [6.45, 7) is 0. The maximum Gasteiger partial charge on any atom is 0.164 e. The molecule has 4 atom stereocenters. The van der Waals surface area contributed by atoms with E-state index in [2.05, 4.69) is 158 Å². The Bertz CT molecular complexity index is 4730. The number of benzene rings is 10. The number of aromatic nitrogens is 6. The molecule has 85 heavy (non-hydrogen) atoms. The van der Waals surface area contributed by atoms with Crippen molar-refractivity contribution in [3.05, 3.63) is 242 Å². The molecule has 0 aliphatic heterocycles. The molecule has 4 unspecified atom stereocenters. The molecule has 404 valence electrons. The Balaban J connectivity index is 0.733. The van der Waals surface area contributed by atoms with Gasteiger partial charge >= 0.3 is 0 Å². The highest BCUT2D eigenvalue weighted by atomic mass is 16.3. The van der Waals surface area contributed by atoms with Crippen LogP contribution >= 0.6 is 0 Å². The summed E-state index contributed by atoms with van der Waals surface area (Å²) < 4.78 is 12.7. The molecule has 3 fully saturated rings. The lowest BCUT2D eigenvalue weighted by Crippen LogP contribution is -2.55. The first-order valence-corrected chi connectivity index (χ1v) is 30.0. The lowest BCUT2D eigenvalue weighted by molar-refractivity contribution is -0.0320. The first-order chi connectivity index (χ1) is 42.0. The zero-order valence-electron chi connectivity index (χ0n) is 46.5. The van der Waals surface area contributed by atoms with E-state index in [9.17, 15) is 0 Å². The molecule has 8 nitrogen and oxygen atoms in total. The summed E-state index contributed by atoms with van der Waals surface area (Å²) in [6.07, 6.45) is 7.86. The Morgan fingerprint density at radius 3 is 1.19 bits per heavy atom. The van der Waals surface area contributed by atoms with Crippen LogP contribution in [0.25, 0.3) is 146 Å². The zero-order valence-corrected chi connectivity index (χ0v) is 46.5. The number of furan rings is 2. The van der Waals surface area contributed by atoms with Crippen LogP contribution in [0.5, 0.6) is 0 Å². The predicted molar refractivity (Wildman–Crippen MR) is 339 cm³/mol. The molecule has 10 aromatic carbocycles. The average Bonchev–Trinajstić information content (AvgIpc) is 1.70. The van der Waals surface area contributed by atoms with Gasteiger partial charge in [0.25, 0.3) is 0 Å². The van der Waals surface area contributed by atoms with Gasteiger partial charge in [-0.05, 0) is 161 Å². The molecular formula is C77H54N6O2. The summed E-state index contributed by atoms with van der Waals surface area (Å²) in [5, 5.41) is 4.32. The quantitative estimate of drug-likeness (QED) is 0.148. The van der Waals surface area contributed by atoms with Crippen LogP contribution in [0.4, 0.5) is 0 Å². The molecule has 4 aromatic heterocycles. The van der Waals surface area contributed by atoms with Crippen LogP contribution in [0.1, 0.15) is 49.7 Å². The van der Waals surface area contributed by atoms with Crippen molar-refractivity contribution in [2.75, 3.05) is 0 Å². The van der Waals surface area contributed by atoms with Crippen molar-refractivity contribution in [3.8, 4) is 102 Å². The summed E-state index contributed by atoms with van der Waals surface area (Å²) >= 11 is 0. The highest BCUT2D eigenvalue weighted by molar-refractivity contribution is 6.07. The lowest BCUT2D eigenvalue weighted by atomic mass is 9.43. The molecular weight excluding hydrogens is 1040 g/mol. The Hall–Kier alpha value is -10.2. The van der Waals surface area contributed by atoms with Gasteiger partial charge in [0.05, 0.1) is 0 Å². The fourth-order valence-corrected chi connectivity index (χ4v) is 15.8. The van der Waals surface area contributed by atoms with Crippen molar-refractivity contribution in [3.63, 3.8) is 0 Å². The van der Waals surface area contributed by atoms with Gasteiger partial charge in [0.1, 0.15) is 22.3 Å². The third-order valence-electron chi connectivity index (χ3n) is 19.6. The summed E-state index contributed by atoms with van der Waals surface area (Å²) in [4.78, 5) is 31.1. The molecule has 8 heteroatoms. The number of hydrogen-bond acceptors (Lipinski definition) is 8. The Kier molecular flexibility index (Phi) is 10.8. The SMILES string of the molecule is c1ccc(-c2nc(-c3cccc(-c4ccc5c(c4)C4(c6cc(-c7cccc(-c8nc(-c9ccccc9)nc(-c9ccc%10c(c9)oc9ccccc9%10)n8)c7)ccc6-5)C5CCC6CCC(C5)CC64)c3)nc(-c3ccc4c(c3)oc3ccccc34)n2)cc1. The maximum absolute atomic E-state index is 6.35. The molecule has 3 saturated carbocycles. The predicted octanol–water partition coefficient (Wildman–Crippen LogP) is 19.3. The van der Waals surface area contributed by atoms with Gasteiger partial charge in [-0.25, -0.2) is 29.9 Å². The van der Waals surface area contributed by atoms with Crippen molar-refractivity contribution in [1.29, 1.82) is 0 Å². The summed E-state index contributed by atoms with van der Waals surface area (Å²) in [7, 11) is 0. The molecule has 0 saturated heterocycles. The molecule has 0 amide bonds. The first kappa shape index (κ1) is 48.4. The molecule has 0 N–H and O–H groups in total. The topological polar surface area (TPSA) is 104 Å². The molecule has 0 radical (unpaired) electrons. The standard InChI is InChI=1S/C77H54N6O2/c1-3-13-47(14-4-1)71-78-73(82-75(80-71)55-30-35-62-60-21-7-9-23-67(60)84-69(62)43-55)53-19-11-17-49(39-53)51-28-33-58-59-34-29-52(42-66(59)77(65(58)41-51)57-32-27-46-26-25-45(37-57)38-64(46)77)50-18-12-20-54(40-50)74-79-72(48-15-5-2-6-16-48)81-76(83-74)56-31-36-63-61-22-8-10-24-68(61)85-70(63)44-56/h1-24,28-31,33-36,39-46,57,64H,25-27,32,37-38H2. The average molecular weight is 1100 g/mol. The van der Waals surface area contributed by atoms with Gasteiger partial charge in [-0.3, -0.25) is 0 Å². The van der Waals surface area contributed by atoms with E-state index in [1.807, 2.05) is 72.8 Å². The Labute approximate surface area is 491 Å². The van der Waals surface area contributed by atoms with Crippen LogP contribution in [0.2, 0.25) is 0 Å². The van der Waals surface area contributed by atoms with Gasteiger partial charge < -0.3 is 8.83 Å². The maximum atomic E-state index is 6.35. The van der Waals surface area contributed by atoms with Crippen LogP contribution in [0, 0.1) is 23.7 Å². The van der Waals surface area contributed by atoms with Crippen molar-refractivity contribution < 1.29 is 8.83 Å². The van der Waals surface area contributed by atoms with E-state index >= 15 is 0 Å². The second-order valence-electron chi connectivity index (χ2n) is 24.1. The van der Waals surface area contributed by atoms with Crippen LogP contribution in [-0.2, 0) is 5.41 Å². The molecule has 4 heterocycles. The minimum Gasteiger partial charge on any atom is -0.456 e.